The van der Waals surface area contributed by atoms with Crippen molar-refractivity contribution in [1.29, 1.82) is 5.26 Å². The number of nitriles is 1. The minimum absolute atomic E-state index is 0.318. The van der Waals surface area contributed by atoms with Crippen molar-refractivity contribution in [2.45, 2.75) is 10.6 Å². The number of ether oxygens (including phenoxy) is 1. The third-order valence-corrected chi connectivity index (χ3v) is 4.33. The Balaban J connectivity index is 1.99. The fraction of sp³-hybridized carbons (Fsp3) is 0.111. The smallest absolute Gasteiger partial charge is 0.339 e. The van der Waals surface area contributed by atoms with Crippen LogP contribution in [-0.4, -0.2) is 24.5 Å². The van der Waals surface area contributed by atoms with E-state index in [4.69, 9.17) is 15.7 Å². The number of thioether (sulfide) groups is 1. The molecule has 0 unspecified atom stereocenters. The summed E-state index contributed by atoms with van der Waals surface area (Å²) in [5, 5.41) is 10.6. The predicted molar refractivity (Wildman–Crippen MR) is 95.2 cm³/mol. The first-order valence-electron chi connectivity index (χ1n) is 7.47. The molecule has 0 aliphatic carbocycles. The minimum atomic E-state index is -1.01. The molecule has 0 radical (unpaired) electrons. The van der Waals surface area contributed by atoms with Gasteiger partial charge in [-0.15, -0.1) is 11.8 Å². The van der Waals surface area contributed by atoms with Gasteiger partial charge in [0.25, 0.3) is 5.91 Å². The second kappa shape index (κ2) is 9.25. The number of hydrogen-bond acceptors (Lipinski definition) is 6. The number of nitrogens with two attached hydrogens (primary N) is 1. The van der Waals surface area contributed by atoms with Crippen LogP contribution >= 0.6 is 11.8 Å². The van der Waals surface area contributed by atoms with Crippen molar-refractivity contribution in [2.24, 2.45) is 5.73 Å². The summed E-state index contributed by atoms with van der Waals surface area (Å²) < 4.78 is 4.91. The molecular weight excluding hydrogens is 354 g/mol. The average Bonchev–Trinajstić information content (AvgIpc) is 2.64. The van der Waals surface area contributed by atoms with Crippen LogP contribution < -0.4 is 11.1 Å². The Kier molecular flexibility index (Phi) is 6.76. The normalized spacial score (nSPS) is 9.81. The summed E-state index contributed by atoms with van der Waals surface area (Å²) in [6.07, 6.45) is 0. The third-order valence-electron chi connectivity index (χ3n) is 3.18. The number of imide groups is 1. The van der Waals surface area contributed by atoms with Gasteiger partial charge in [-0.25, -0.2) is 9.59 Å². The lowest BCUT2D eigenvalue weighted by atomic mass is 10.2. The summed E-state index contributed by atoms with van der Waals surface area (Å²) >= 11 is 1.43. The molecule has 26 heavy (non-hydrogen) atoms. The van der Waals surface area contributed by atoms with Crippen LogP contribution in [0.5, 0.6) is 0 Å². The first-order chi connectivity index (χ1) is 12.5. The molecule has 0 aromatic heterocycles. The standard InChI is InChI=1S/C18H15N3O4S/c19-9-12-5-7-13(8-6-12)11-26-15-4-2-1-3-14(15)17(23)25-10-16(22)21-18(20)24/h1-8H,10-11H2,(H3,20,21,22,24). The molecule has 0 aliphatic heterocycles. The molecule has 3 amide bonds. The molecule has 0 atom stereocenters. The minimum Gasteiger partial charge on any atom is -0.452 e. The Labute approximate surface area is 154 Å². The molecule has 7 nitrogen and oxygen atoms in total. The van der Waals surface area contributed by atoms with E-state index in [0.29, 0.717) is 21.8 Å². The number of nitrogens with one attached hydrogen (secondary N) is 1. The van der Waals surface area contributed by atoms with Gasteiger partial charge in [0.15, 0.2) is 6.61 Å². The van der Waals surface area contributed by atoms with E-state index < -0.39 is 24.5 Å². The van der Waals surface area contributed by atoms with Crippen LogP contribution in [-0.2, 0) is 15.3 Å². The van der Waals surface area contributed by atoms with Crippen LogP contribution in [0.2, 0.25) is 0 Å². The Morgan fingerprint density at radius 1 is 1.12 bits per heavy atom. The SMILES string of the molecule is N#Cc1ccc(CSc2ccccc2C(=O)OCC(=O)NC(N)=O)cc1. The Morgan fingerprint density at radius 3 is 2.46 bits per heavy atom. The molecule has 0 aliphatic rings. The van der Waals surface area contributed by atoms with E-state index in [-0.39, 0.29) is 0 Å². The molecule has 132 valence electrons. The number of hydrogen-bond donors (Lipinski definition) is 2. The van der Waals surface area contributed by atoms with Crippen molar-refractivity contribution in [3.05, 3.63) is 65.2 Å². The van der Waals surface area contributed by atoms with Crippen LogP contribution in [0.4, 0.5) is 4.79 Å². The highest BCUT2D eigenvalue weighted by Crippen LogP contribution is 2.27. The third kappa shape index (κ3) is 5.65. The molecule has 0 fully saturated rings. The average molecular weight is 369 g/mol. The number of carbonyl (C=O) groups is 3. The van der Waals surface area contributed by atoms with E-state index in [1.165, 1.54) is 11.8 Å². The highest BCUT2D eigenvalue weighted by atomic mass is 32.2. The van der Waals surface area contributed by atoms with Crippen LogP contribution in [0.1, 0.15) is 21.5 Å². The number of benzene rings is 2. The van der Waals surface area contributed by atoms with E-state index in [1.54, 1.807) is 36.4 Å². The molecule has 2 aromatic rings. The Bertz CT molecular complexity index is 859. The first kappa shape index (κ1) is 19.0. The molecule has 0 bridgehead atoms. The van der Waals surface area contributed by atoms with Crippen molar-refractivity contribution >= 4 is 29.7 Å². The molecule has 3 N–H and O–H groups in total. The second-order valence-electron chi connectivity index (χ2n) is 5.08. The number of primary amides is 1. The van der Waals surface area contributed by atoms with Crippen LogP contribution in [0.15, 0.2) is 53.4 Å². The topological polar surface area (TPSA) is 122 Å². The number of amides is 3. The molecule has 0 spiro atoms. The molecule has 0 saturated carbocycles. The lowest BCUT2D eigenvalue weighted by Crippen LogP contribution is -2.37. The maximum atomic E-state index is 12.2. The van der Waals surface area contributed by atoms with Gasteiger partial charge in [0.2, 0.25) is 0 Å². The molecule has 2 rings (SSSR count). The van der Waals surface area contributed by atoms with Gasteiger partial charge in [-0.05, 0) is 29.8 Å². The lowest BCUT2D eigenvalue weighted by molar-refractivity contribution is -0.123. The second-order valence-corrected chi connectivity index (χ2v) is 6.10. The van der Waals surface area contributed by atoms with E-state index in [0.717, 1.165) is 5.56 Å². The zero-order valence-corrected chi connectivity index (χ0v) is 14.4. The summed E-state index contributed by atoms with van der Waals surface area (Å²) in [5.74, 6) is -0.876. The fourth-order valence-corrected chi connectivity index (χ4v) is 2.98. The highest BCUT2D eigenvalue weighted by Gasteiger charge is 2.15. The van der Waals surface area contributed by atoms with Gasteiger partial charge in [0.1, 0.15) is 0 Å². The molecule has 8 heteroatoms. The zero-order chi connectivity index (χ0) is 18.9. The van der Waals surface area contributed by atoms with Crippen molar-refractivity contribution in [3.8, 4) is 6.07 Å². The largest absolute Gasteiger partial charge is 0.452 e. The summed E-state index contributed by atoms with van der Waals surface area (Å²) in [6.45, 7) is -0.601. The fourth-order valence-electron chi connectivity index (χ4n) is 1.98. The van der Waals surface area contributed by atoms with E-state index in [1.807, 2.05) is 17.4 Å². The zero-order valence-electron chi connectivity index (χ0n) is 13.6. The molecule has 0 heterocycles. The van der Waals surface area contributed by atoms with Crippen molar-refractivity contribution in [1.82, 2.24) is 5.32 Å². The van der Waals surface area contributed by atoms with Crippen molar-refractivity contribution in [2.75, 3.05) is 6.61 Å². The van der Waals surface area contributed by atoms with Crippen molar-refractivity contribution < 1.29 is 19.1 Å². The summed E-state index contributed by atoms with van der Waals surface area (Å²) in [4.78, 5) is 34.8. The maximum absolute atomic E-state index is 12.2. The van der Waals surface area contributed by atoms with Crippen LogP contribution in [0.3, 0.4) is 0 Å². The Morgan fingerprint density at radius 2 is 1.81 bits per heavy atom. The predicted octanol–water partition coefficient (Wildman–Crippen LogP) is 2.20. The molecular formula is C18H15N3O4S. The van der Waals surface area contributed by atoms with Gasteiger partial charge < -0.3 is 10.5 Å². The van der Waals surface area contributed by atoms with Gasteiger partial charge in [-0.2, -0.15) is 5.26 Å². The first-order valence-corrected chi connectivity index (χ1v) is 8.45. The van der Waals surface area contributed by atoms with Gasteiger partial charge in [0.05, 0.1) is 17.2 Å². The van der Waals surface area contributed by atoms with Crippen LogP contribution in [0.25, 0.3) is 0 Å². The van der Waals surface area contributed by atoms with E-state index in [9.17, 15) is 14.4 Å². The maximum Gasteiger partial charge on any atom is 0.339 e. The Hall–Kier alpha value is -3.31. The van der Waals surface area contributed by atoms with Gasteiger partial charge in [-0.3, -0.25) is 10.1 Å². The lowest BCUT2D eigenvalue weighted by Gasteiger charge is -2.09. The summed E-state index contributed by atoms with van der Waals surface area (Å²) in [6, 6.07) is 15.0. The number of rotatable bonds is 6. The summed E-state index contributed by atoms with van der Waals surface area (Å²) in [5.41, 5.74) is 6.71. The van der Waals surface area contributed by atoms with Gasteiger partial charge in [-0.1, -0.05) is 24.3 Å². The van der Waals surface area contributed by atoms with Gasteiger partial charge >= 0.3 is 12.0 Å². The number of nitrogens with zero attached hydrogens (tertiary/aromatic N) is 1. The quantitative estimate of drug-likeness (QED) is 0.594. The molecule has 0 saturated heterocycles. The number of urea groups is 1. The number of esters is 1. The van der Waals surface area contributed by atoms with Crippen molar-refractivity contribution in [3.63, 3.8) is 0 Å². The van der Waals surface area contributed by atoms with Gasteiger partial charge in [0, 0.05) is 10.6 Å². The number of carbonyl (C=O) groups excluding carboxylic acids is 3. The highest BCUT2D eigenvalue weighted by molar-refractivity contribution is 7.98. The monoisotopic (exact) mass is 369 g/mol. The van der Waals surface area contributed by atoms with Crippen LogP contribution in [0, 0.1) is 11.3 Å². The van der Waals surface area contributed by atoms with E-state index >= 15 is 0 Å². The summed E-state index contributed by atoms with van der Waals surface area (Å²) in [7, 11) is 0. The van der Waals surface area contributed by atoms with E-state index in [2.05, 4.69) is 6.07 Å². The molecule has 2 aromatic carbocycles.